The molecule has 0 spiro atoms. The number of rotatable bonds is 0. The molecule has 0 aromatic carbocycles. The Kier molecular flexibility index (Phi) is 6.30. The molecule has 0 amide bonds. The van der Waals surface area contributed by atoms with Gasteiger partial charge in [0.15, 0.2) is 0 Å². The maximum absolute atomic E-state index is 11.1. The van der Waals surface area contributed by atoms with E-state index in [4.69, 9.17) is 9.47 Å². The van der Waals surface area contributed by atoms with Crippen molar-refractivity contribution in [2.75, 3.05) is 13.2 Å². The lowest BCUT2D eigenvalue weighted by atomic mass is 10.1. The lowest BCUT2D eigenvalue weighted by Crippen LogP contribution is -2.06. The van der Waals surface area contributed by atoms with Crippen LogP contribution in [0.25, 0.3) is 0 Å². The summed E-state index contributed by atoms with van der Waals surface area (Å²) < 4.78 is 9.80. The normalized spacial score (nSPS) is 20.8. The average molecular weight is 226 g/mol. The molecule has 0 aromatic rings. The van der Waals surface area contributed by atoms with Gasteiger partial charge in [0.05, 0.1) is 13.2 Å². The molecular formula is C12H18O4. The van der Waals surface area contributed by atoms with Gasteiger partial charge in [-0.1, -0.05) is 25.7 Å². The third kappa shape index (κ3) is 6.22. The van der Waals surface area contributed by atoms with Gasteiger partial charge in [0.25, 0.3) is 0 Å². The van der Waals surface area contributed by atoms with Crippen LogP contribution in [0.5, 0.6) is 0 Å². The predicted octanol–water partition coefficient (Wildman–Crippen LogP) is 1.98. The molecule has 0 saturated carbocycles. The van der Waals surface area contributed by atoms with E-state index in [-0.39, 0.29) is 0 Å². The van der Waals surface area contributed by atoms with E-state index in [0.717, 1.165) is 50.7 Å². The molecule has 0 bridgehead atoms. The van der Waals surface area contributed by atoms with Crippen LogP contribution in [-0.4, -0.2) is 25.2 Å². The van der Waals surface area contributed by atoms with E-state index in [2.05, 4.69) is 0 Å². The Balaban J connectivity index is 2.37. The molecule has 0 atom stereocenters. The van der Waals surface area contributed by atoms with Crippen molar-refractivity contribution in [2.24, 2.45) is 0 Å². The van der Waals surface area contributed by atoms with Gasteiger partial charge >= 0.3 is 11.9 Å². The molecule has 0 radical (unpaired) electrons. The average Bonchev–Trinajstić information content (AvgIpc) is 2.28. The van der Waals surface area contributed by atoms with Crippen molar-refractivity contribution < 1.29 is 19.1 Å². The summed E-state index contributed by atoms with van der Waals surface area (Å²) in [5.41, 5.74) is 0. The second-order valence-electron chi connectivity index (χ2n) is 3.79. The highest BCUT2D eigenvalue weighted by atomic mass is 16.5. The monoisotopic (exact) mass is 226 g/mol. The molecule has 1 aliphatic rings. The van der Waals surface area contributed by atoms with Gasteiger partial charge in [-0.2, -0.15) is 0 Å². The van der Waals surface area contributed by atoms with Crippen LogP contribution >= 0.6 is 0 Å². The first kappa shape index (κ1) is 12.7. The first-order valence-electron chi connectivity index (χ1n) is 5.80. The van der Waals surface area contributed by atoms with Crippen LogP contribution in [0.15, 0.2) is 12.2 Å². The molecule has 16 heavy (non-hydrogen) atoms. The van der Waals surface area contributed by atoms with Crippen LogP contribution in [0.1, 0.15) is 38.5 Å². The fourth-order valence-electron chi connectivity index (χ4n) is 1.49. The molecule has 0 N–H and O–H groups in total. The van der Waals surface area contributed by atoms with E-state index < -0.39 is 11.9 Å². The molecule has 1 aliphatic heterocycles. The number of carbonyl (C=O) groups is 2. The van der Waals surface area contributed by atoms with Gasteiger partial charge < -0.3 is 9.47 Å². The number of hydrogen-bond acceptors (Lipinski definition) is 4. The molecule has 4 heteroatoms. The van der Waals surface area contributed by atoms with Crippen molar-refractivity contribution in [2.45, 2.75) is 38.5 Å². The Hall–Kier alpha value is -1.32. The minimum absolute atomic E-state index is 0.429. The van der Waals surface area contributed by atoms with Gasteiger partial charge in [0.2, 0.25) is 0 Å². The first-order chi connectivity index (χ1) is 7.79. The van der Waals surface area contributed by atoms with Crippen LogP contribution in [0.3, 0.4) is 0 Å². The highest BCUT2D eigenvalue weighted by molar-refractivity contribution is 5.91. The van der Waals surface area contributed by atoms with E-state index in [1.54, 1.807) is 0 Å². The molecule has 1 rings (SSSR count). The summed E-state index contributed by atoms with van der Waals surface area (Å²) in [5, 5.41) is 0. The molecular weight excluding hydrogens is 208 g/mol. The Morgan fingerprint density at radius 3 is 1.50 bits per heavy atom. The van der Waals surface area contributed by atoms with Crippen molar-refractivity contribution in [3.63, 3.8) is 0 Å². The Morgan fingerprint density at radius 1 is 0.688 bits per heavy atom. The summed E-state index contributed by atoms with van der Waals surface area (Å²) in [6.45, 7) is 0.858. The summed E-state index contributed by atoms with van der Waals surface area (Å²) in [7, 11) is 0. The fourth-order valence-corrected chi connectivity index (χ4v) is 1.49. The molecule has 0 aliphatic carbocycles. The van der Waals surface area contributed by atoms with Crippen molar-refractivity contribution >= 4 is 11.9 Å². The second-order valence-corrected chi connectivity index (χ2v) is 3.79. The topological polar surface area (TPSA) is 52.6 Å². The lowest BCUT2D eigenvalue weighted by molar-refractivity contribution is -0.140. The van der Waals surface area contributed by atoms with Crippen LogP contribution in [0, 0.1) is 0 Å². The Labute approximate surface area is 95.6 Å². The van der Waals surface area contributed by atoms with Gasteiger partial charge in [-0.05, 0) is 12.8 Å². The molecule has 0 fully saturated rings. The summed E-state index contributed by atoms with van der Waals surface area (Å²) >= 11 is 0. The van der Waals surface area contributed by atoms with E-state index in [0.29, 0.717) is 13.2 Å². The second kappa shape index (κ2) is 7.91. The number of hydrogen-bond donors (Lipinski definition) is 0. The van der Waals surface area contributed by atoms with E-state index in [1.165, 1.54) is 0 Å². The summed E-state index contributed by atoms with van der Waals surface area (Å²) in [6.07, 6.45) is 8.46. The number of cyclic esters (lactones) is 2. The minimum atomic E-state index is -0.478. The molecule has 0 unspecified atom stereocenters. The molecule has 0 saturated heterocycles. The van der Waals surface area contributed by atoms with Gasteiger partial charge in [-0.15, -0.1) is 0 Å². The van der Waals surface area contributed by atoms with Crippen molar-refractivity contribution in [1.82, 2.24) is 0 Å². The van der Waals surface area contributed by atoms with E-state index in [9.17, 15) is 9.59 Å². The third-order valence-electron chi connectivity index (χ3n) is 2.38. The maximum atomic E-state index is 11.1. The predicted molar refractivity (Wildman–Crippen MR) is 58.8 cm³/mol. The highest BCUT2D eigenvalue weighted by Gasteiger charge is 2.02. The largest absolute Gasteiger partial charge is 0.463 e. The zero-order chi connectivity index (χ0) is 11.6. The van der Waals surface area contributed by atoms with Gasteiger partial charge in [-0.3, -0.25) is 0 Å². The van der Waals surface area contributed by atoms with Crippen molar-refractivity contribution in [3.8, 4) is 0 Å². The van der Waals surface area contributed by atoms with Gasteiger partial charge in [0, 0.05) is 12.2 Å². The quantitative estimate of drug-likeness (QED) is 0.593. The first-order valence-corrected chi connectivity index (χ1v) is 5.80. The zero-order valence-corrected chi connectivity index (χ0v) is 9.44. The summed E-state index contributed by atoms with van der Waals surface area (Å²) in [6, 6.07) is 0. The van der Waals surface area contributed by atoms with Crippen LogP contribution in [-0.2, 0) is 19.1 Å². The lowest BCUT2D eigenvalue weighted by Gasteiger charge is -2.05. The van der Waals surface area contributed by atoms with Crippen LogP contribution in [0.4, 0.5) is 0 Å². The number of esters is 2. The minimum Gasteiger partial charge on any atom is -0.463 e. The molecule has 1 heterocycles. The SMILES string of the molecule is O=C1C=CC(=O)OCCCCCCCCO1. The number of ether oxygens (including phenoxy) is 2. The molecule has 90 valence electrons. The fraction of sp³-hybridized carbons (Fsp3) is 0.667. The van der Waals surface area contributed by atoms with Crippen molar-refractivity contribution in [1.29, 1.82) is 0 Å². The van der Waals surface area contributed by atoms with Gasteiger partial charge in [0.1, 0.15) is 0 Å². The smallest absolute Gasteiger partial charge is 0.331 e. The summed E-state index contributed by atoms with van der Waals surface area (Å²) in [5.74, 6) is -0.956. The zero-order valence-electron chi connectivity index (χ0n) is 9.44. The molecule has 4 nitrogen and oxygen atoms in total. The number of carbonyl (C=O) groups excluding carboxylic acids is 2. The van der Waals surface area contributed by atoms with Crippen molar-refractivity contribution in [3.05, 3.63) is 12.2 Å². The highest BCUT2D eigenvalue weighted by Crippen LogP contribution is 2.06. The summed E-state index contributed by atoms with van der Waals surface area (Å²) in [4.78, 5) is 22.2. The van der Waals surface area contributed by atoms with Crippen LogP contribution < -0.4 is 0 Å². The standard InChI is InChI=1S/C12H18O4/c13-11-7-8-12(14)16-10-6-4-2-1-3-5-9-15-11/h7-8H,1-6,9-10H2. The third-order valence-corrected chi connectivity index (χ3v) is 2.38. The Morgan fingerprint density at radius 2 is 1.06 bits per heavy atom. The maximum Gasteiger partial charge on any atom is 0.331 e. The molecule has 0 aromatic heterocycles. The van der Waals surface area contributed by atoms with E-state index in [1.807, 2.05) is 0 Å². The Bertz CT molecular complexity index is 232. The van der Waals surface area contributed by atoms with Crippen LogP contribution in [0.2, 0.25) is 0 Å². The van der Waals surface area contributed by atoms with Gasteiger partial charge in [-0.25, -0.2) is 9.59 Å². The van der Waals surface area contributed by atoms with E-state index >= 15 is 0 Å².